The van der Waals surface area contributed by atoms with Gasteiger partial charge in [0.05, 0.1) is 27.1 Å². The lowest BCUT2D eigenvalue weighted by Gasteiger charge is -2.26. The third kappa shape index (κ3) is 7.02. The Labute approximate surface area is 112 Å². The molecule has 1 fully saturated rings. The highest BCUT2D eigenvalue weighted by atomic mass is 35.5. The molecule has 0 aromatic carbocycles. The lowest BCUT2D eigenvalue weighted by molar-refractivity contribution is -0.814. The average Bonchev–Trinajstić information content (AvgIpc) is 3.00. The second-order valence-electron chi connectivity index (χ2n) is 5.38. The molecule has 17 heavy (non-hydrogen) atoms. The van der Waals surface area contributed by atoms with Gasteiger partial charge in [0, 0.05) is 0 Å². The van der Waals surface area contributed by atoms with E-state index in [0.29, 0.717) is 16.5 Å². The molecule has 1 unspecified atom stereocenters. The molecule has 1 atom stereocenters. The van der Waals surface area contributed by atoms with Crippen LogP contribution < -0.4 is 12.4 Å². The van der Waals surface area contributed by atoms with Crippen molar-refractivity contribution in [2.45, 2.75) is 51.6 Å². The number of hydrogen-bond acceptors (Lipinski definition) is 2. The van der Waals surface area contributed by atoms with Crippen molar-refractivity contribution in [1.29, 1.82) is 0 Å². The van der Waals surface area contributed by atoms with Crippen molar-refractivity contribution in [1.82, 2.24) is 0 Å². The number of rotatable bonds is 8. The predicted molar refractivity (Wildman–Crippen MR) is 65.1 cm³/mol. The summed E-state index contributed by atoms with van der Waals surface area (Å²) in [5.74, 6) is 0.354. The van der Waals surface area contributed by atoms with Crippen molar-refractivity contribution >= 4 is 5.91 Å². The number of amides is 1. The van der Waals surface area contributed by atoms with Gasteiger partial charge in [-0.25, -0.2) is 4.79 Å². The fourth-order valence-corrected chi connectivity index (χ4v) is 1.97. The van der Waals surface area contributed by atoms with Gasteiger partial charge in [-0.15, -0.1) is 0 Å². The number of ether oxygens (including phenoxy) is 1. The van der Waals surface area contributed by atoms with E-state index in [9.17, 15) is 4.79 Å². The van der Waals surface area contributed by atoms with E-state index >= 15 is 0 Å². The lowest BCUT2D eigenvalue weighted by atomic mass is 10.1. The van der Waals surface area contributed by atoms with Gasteiger partial charge < -0.3 is 17.1 Å². The number of quaternary nitrogens is 1. The van der Waals surface area contributed by atoms with E-state index in [-0.39, 0.29) is 12.4 Å². The molecular weight excluding hydrogens is 238 g/mol. The normalized spacial score (nSPS) is 18.6. The molecule has 0 aromatic heterocycles. The predicted octanol–water partition coefficient (Wildman–Crippen LogP) is -0.647. The summed E-state index contributed by atoms with van der Waals surface area (Å²) in [5, 5.41) is 0. The summed E-state index contributed by atoms with van der Waals surface area (Å²) in [4.78, 5) is 12.0. The Morgan fingerprint density at radius 1 is 1.24 bits per heavy atom. The van der Waals surface area contributed by atoms with Gasteiger partial charge in [0.25, 0.3) is 0 Å². The molecule has 1 rings (SSSR count). The zero-order chi connectivity index (χ0) is 12.0. The molecule has 4 heteroatoms. The minimum absolute atomic E-state index is 0. The smallest absolute Gasteiger partial charge is 0.313 e. The van der Waals surface area contributed by atoms with Gasteiger partial charge in [-0.05, 0) is 6.42 Å². The minimum Gasteiger partial charge on any atom is -1.00 e. The first-order chi connectivity index (χ1) is 7.56. The number of carbonyl (C=O) groups excluding carboxylic acids is 1. The Morgan fingerprint density at radius 2 is 1.82 bits per heavy atom. The quantitative estimate of drug-likeness (QED) is 0.331. The zero-order valence-electron chi connectivity index (χ0n) is 11.4. The molecule has 1 amide bonds. The molecule has 0 saturated carbocycles. The van der Waals surface area contributed by atoms with Crippen LogP contribution in [0.5, 0.6) is 0 Å². The molecular formula is C13H26ClNO2. The Balaban J connectivity index is 0.00000256. The lowest BCUT2D eigenvalue weighted by Crippen LogP contribution is -3.00. The van der Waals surface area contributed by atoms with Gasteiger partial charge in [-0.2, -0.15) is 0 Å². The number of likely N-dealkylation sites (N-methyl/N-ethyl adjacent to an activating group) is 1. The summed E-state index contributed by atoms with van der Waals surface area (Å²) in [7, 11) is 3.99. The van der Waals surface area contributed by atoms with E-state index in [1.54, 1.807) is 0 Å². The highest BCUT2D eigenvalue weighted by Gasteiger charge is 2.35. The van der Waals surface area contributed by atoms with Crippen LogP contribution in [0, 0.1) is 0 Å². The van der Waals surface area contributed by atoms with Crippen LogP contribution in [0.4, 0.5) is 0 Å². The van der Waals surface area contributed by atoms with Gasteiger partial charge in [0.2, 0.25) is 0 Å². The third-order valence-electron chi connectivity index (χ3n) is 3.23. The average molecular weight is 264 g/mol. The minimum atomic E-state index is 0. The topological polar surface area (TPSA) is 29.6 Å². The largest absolute Gasteiger partial charge is 1.00 e. The fourth-order valence-electron chi connectivity index (χ4n) is 1.97. The molecule has 0 radical (unpaired) electrons. The molecule has 1 aliphatic heterocycles. The van der Waals surface area contributed by atoms with E-state index < -0.39 is 0 Å². The molecule has 0 aromatic rings. The SMILES string of the molecule is CCCCCCCC(=O)[N+](C)(C)CC1CO1.[Cl-]. The van der Waals surface area contributed by atoms with E-state index in [2.05, 4.69) is 6.92 Å². The maximum Gasteiger partial charge on any atom is 0.313 e. The van der Waals surface area contributed by atoms with Crippen LogP contribution >= 0.6 is 0 Å². The standard InChI is InChI=1S/C13H26NO2.ClH/c1-4-5-6-7-8-9-13(15)14(2,3)10-12-11-16-12;/h12H,4-11H2,1-3H3;1H/q+1;/p-1. The van der Waals surface area contributed by atoms with Crippen LogP contribution in [-0.4, -0.2) is 43.7 Å². The molecule has 1 saturated heterocycles. The van der Waals surface area contributed by atoms with E-state index in [4.69, 9.17) is 4.74 Å². The first kappa shape index (κ1) is 16.9. The highest BCUT2D eigenvalue weighted by Crippen LogP contribution is 2.16. The van der Waals surface area contributed by atoms with Crippen LogP contribution in [0.1, 0.15) is 45.4 Å². The van der Waals surface area contributed by atoms with Crippen molar-refractivity contribution in [3.05, 3.63) is 0 Å². The molecule has 0 spiro atoms. The third-order valence-corrected chi connectivity index (χ3v) is 3.23. The Morgan fingerprint density at radius 3 is 2.35 bits per heavy atom. The van der Waals surface area contributed by atoms with Gasteiger partial charge in [-0.1, -0.05) is 32.6 Å². The van der Waals surface area contributed by atoms with Crippen molar-refractivity contribution < 1.29 is 26.4 Å². The summed E-state index contributed by atoms with van der Waals surface area (Å²) in [6.45, 7) is 3.89. The number of epoxide rings is 1. The molecule has 1 heterocycles. The summed E-state index contributed by atoms with van der Waals surface area (Å²) >= 11 is 0. The van der Waals surface area contributed by atoms with Gasteiger partial charge in [0.15, 0.2) is 0 Å². The van der Waals surface area contributed by atoms with Gasteiger partial charge in [-0.3, -0.25) is 4.48 Å². The number of hydrogen-bond donors (Lipinski definition) is 0. The monoisotopic (exact) mass is 263 g/mol. The molecule has 3 nitrogen and oxygen atoms in total. The van der Waals surface area contributed by atoms with Crippen molar-refractivity contribution in [3.63, 3.8) is 0 Å². The van der Waals surface area contributed by atoms with Crippen LogP contribution in [0.25, 0.3) is 0 Å². The second kappa shape index (κ2) is 8.06. The first-order valence-electron chi connectivity index (χ1n) is 6.54. The molecule has 0 aliphatic carbocycles. The Bertz CT molecular complexity index is 227. The maximum absolute atomic E-state index is 12.0. The zero-order valence-corrected chi connectivity index (χ0v) is 12.1. The van der Waals surface area contributed by atoms with Crippen LogP contribution in [0.3, 0.4) is 0 Å². The van der Waals surface area contributed by atoms with Crippen molar-refractivity contribution in [3.8, 4) is 0 Å². The van der Waals surface area contributed by atoms with Crippen molar-refractivity contribution in [2.24, 2.45) is 0 Å². The highest BCUT2D eigenvalue weighted by molar-refractivity contribution is 5.68. The van der Waals surface area contributed by atoms with Crippen LogP contribution in [0.15, 0.2) is 0 Å². The summed E-state index contributed by atoms with van der Waals surface area (Å²) in [5.41, 5.74) is 0. The number of halogens is 1. The van der Waals surface area contributed by atoms with Gasteiger partial charge in [0.1, 0.15) is 12.6 Å². The van der Waals surface area contributed by atoms with E-state index in [0.717, 1.165) is 26.0 Å². The fraction of sp³-hybridized carbons (Fsp3) is 0.923. The maximum atomic E-state index is 12.0. The first-order valence-corrected chi connectivity index (χ1v) is 6.54. The second-order valence-corrected chi connectivity index (χ2v) is 5.38. The molecule has 102 valence electrons. The molecule has 0 bridgehead atoms. The van der Waals surface area contributed by atoms with Crippen molar-refractivity contribution in [2.75, 3.05) is 27.2 Å². The Kier molecular flexibility index (Phi) is 8.01. The van der Waals surface area contributed by atoms with Gasteiger partial charge >= 0.3 is 5.91 Å². The van der Waals surface area contributed by atoms with E-state index in [1.165, 1.54) is 25.7 Å². The molecule has 1 aliphatic rings. The van der Waals surface area contributed by atoms with E-state index in [1.807, 2.05) is 14.1 Å². The Hall–Kier alpha value is -0.120. The van der Waals surface area contributed by atoms with Crippen LogP contribution in [-0.2, 0) is 9.53 Å². The summed E-state index contributed by atoms with van der Waals surface area (Å²) in [6, 6.07) is 0. The number of unbranched alkanes of at least 4 members (excludes halogenated alkanes) is 4. The summed E-state index contributed by atoms with van der Waals surface area (Å²) < 4.78 is 5.67. The number of nitrogens with zero attached hydrogens (tertiary/aromatic N) is 1. The molecule has 0 N–H and O–H groups in total. The number of carbonyl (C=O) groups is 1. The van der Waals surface area contributed by atoms with Crippen LogP contribution in [0.2, 0.25) is 0 Å². The summed E-state index contributed by atoms with van der Waals surface area (Å²) in [6.07, 6.45) is 7.12.